The molecule has 1 aliphatic rings. The summed E-state index contributed by atoms with van der Waals surface area (Å²) < 4.78 is 38.6. The number of hydrogen-bond donors (Lipinski definition) is 3. The normalized spacial score (nSPS) is 15.2. The van der Waals surface area contributed by atoms with Crippen LogP contribution in [-0.2, 0) is 32.3 Å². The molecule has 1 fully saturated rings. The molecular formula is C26H31N3O8S. The quantitative estimate of drug-likeness (QED) is 0.199. The molecule has 2 heterocycles. The number of aromatic hydroxyl groups is 1. The Labute approximate surface area is 220 Å². The second-order valence-corrected chi connectivity index (χ2v) is 11.2. The molecule has 38 heavy (non-hydrogen) atoms. The Morgan fingerprint density at radius 1 is 1.11 bits per heavy atom. The number of nitrogens with one attached hydrogen (secondary N) is 1. The number of nitrogens with zero attached hydrogens (tertiary/aromatic N) is 2. The van der Waals surface area contributed by atoms with Gasteiger partial charge in [-0.25, -0.2) is 18.7 Å². The standard InChI is InChI=1S/C26H31N3O8S/c1-2-22-23(30)28(25(32)29(22)19-7-4-3-5-8-19)15-6-16-37-20-9-11-21(12-10-20)38(34,35)26(24(31)27-33)13-17-36-18-14-26/h3-5,7-12,30,33H,2,6,13-18H2,1H3,(H,27,31). The van der Waals surface area contributed by atoms with Crippen molar-refractivity contribution < 1.29 is 33.0 Å². The van der Waals surface area contributed by atoms with Gasteiger partial charge in [-0.05, 0) is 62.1 Å². The smallest absolute Gasteiger partial charge is 0.335 e. The summed E-state index contributed by atoms with van der Waals surface area (Å²) in [6.07, 6.45) is 0.744. The Hall–Kier alpha value is -3.61. The van der Waals surface area contributed by atoms with Crippen LogP contribution in [0.25, 0.3) is 5.69 Å². The Balaban J connectivity index is 1.42. The highest BCUT2D eigenvalue weighted by molar-refractivity contribution is 7.93. The van der Waals surface area contributed by atoms with E-state index in [-0.39, 0.29) is 55.7 Å². The second kappa shape index (κ2) is 11.4. The van der Waals surface area contributed by atoms with E-state index in [2.05, 4.69) is 0 Å². The van der Waals surface area contributed by atoms with Crippen molar-refractivity contribution in [3.8, 4) is 17.3 Å². The van der Waals surface area contributed by atoms with E-state index in [1.54, 1.807) is 12.1 Å². The van der Waals surface area contributed by atoms with Gasteiger partial charge < -0.3 is 14.6 Å². The van der Waals surface area contributed by atoms with Crippen molar-refractivity contribution in [1.29, 1.82) is 0 Å². The summed E-state index contributed by atoms with van der Waals surface area (Å²) >= 11 is 0. The first-order valence-corrected chi connectivity index (χ1v) is 13.8. The summed E-state index contributed by atoms with van der Waals surface area (Å²) in [6.45, 7) is 2.47. The van der Waals surface area contributed by atoms with Crippen LogP contribution in [0.5, 0.6) is 11.6 Å². The number of aromatic nitrogens is 2. The average Bonchev–Trinajstić information content (AvgIpc) is 3.19. The maximum absolute atomic E-state index is 13.3. The van der Waals surface area contributed by atoms with Crippen LogP contribution in [0.15, 0.2) is 64.3 Å². The lowest BCUT2D eigenvalue weighted by molar-refractivity contribution is -0.134. The van der Waals surface area contributed by atoms with Crippen LogP contribution in [-0.4, -0.2) is 58.3 Å². The van der Waals surface area contributed by atoms with Crippen LogP contribution in [0.1, 0.15) is 31.9 Å². The number of para-hydroxylation sites is 1. The molecule has 0 bridgehead atoms. The Bertz CT molecular complexity index is 1420. The molecular weight excluding hydrogens is 514 g/mol. The molecule has 4 rings (SSSR count). The molecule has 0 unspecified atom stereocenters. The number of amides is 1. The maximum Gasteiger partial charge on any atom is 0.335 e. The minimum Gasteiger partial charge on any atom is -0.494 e. The summed E-state index contributed by atoms with van der Waals surface area (Å²) in [7, 11) is -4.13. The van der Waals surface area contributed by atoms with E-state index in [1.807, 2.05) is 25.1 Å². The lowest BCUT2D eigenvalue weighted by Crippen LogP contribution is -2.54. The van der Waals surface area contributed by atoms with Gasteiger partial charge in [0.25, 0.3) is 5.91 Å². The monoisotopic (exact) mass is 545 g/mol. The number of hydroxylamine groups is 1. The molecule has 12 heteroatoms. The predicted octanol–water partition coefficient (Wildman–Crippen LogP) is 2.20. The fourth-order valence-corrected chi connectivity index (χ4v) is 6.66. The zero-order chi connectivity index (χ0) is 27.3. The first-order chi connectivity index (χ1) is 18.3. The Kier molecular flexibility index (Phi) is 8.24. The summed E-state index contributed by atoms with van der Waals surface area (Å²) in [5.41, 5.74) is 2.35. The van der Waals surface area contributed by atoms with Crippen LogP contribution in [0.2, 0.25) is 0 Å². The van der Waals surface area contributed by atoms with Crippen molar-refractivity contribution in [3.05, 3.63) is 70.8 Å². The molecule has 3 N–H and O–H groups in total. The highest BCUT2D eigenvalue weighted by Gasteiger charge is 2.52. The van der Waals surface area contributed by atoms with Gasteiger partial charge in [0.1, 0.15) is 5.75 Å². The van der Waals surface area contributed by atoms with Crippen molar-refractivity contribution in [2.45, 2.75) is 48.8 Å². The molecule has 1 amide bonds. The van der Waals surface area contributed by atoms with Crippen molar-refractivity contribution in [2.75, 3.05) is 19.8 Å². The number of imidazole rings is 1. The summed E-state index contributed by atoms with van der Waals surface area (Å²) in [6, 6.07) is 14.8. The fourth-order valence-electron chi connectivity index (χ4n) is 4.72. The van der Waals surface area contributed by atoms with Crippen LogP contribution >= 0.6 is 0 Å². The molecule has 3 aromatic rings. The fraction of sp³-hybridized carbons (Fsp3) is 0.385. The maximum atomic E-state index is 13.3. The molecule has 2 aromatic carbocycles. The molecule has 0 radical (unpaired) electrons. The van der Waals surface area contributed by atoms with Crippen molar-refractivity contribution in [1.82, 2.24) is 14.6 Å². The van der Waals surface area contributed by atoms with Gasteiger partial charge in [-0.1, -0.05) is 25.1 Å². The SMILES string of the molecule is CCc1c(O)n(CCCOc2ccc(S(=O)(=O)C3(C(=O)NO)CCOCC3)cc2)c(=O)n1-c1ccccc1. The topological polar surface area (TPSA) is 149 Å². The molecule has 11 nitrogen and oxygen atoms in total. The van der Waals surface area contributed by atoms with Gasteiger partial charge in [0, 0.05) is 19.8 Å². The summed E-state index contributed by atoms with van der Waals surface area (Å²) in [5, 5.41) is 19.8. The Morgan fingerprint density at radius 3 is 2.37 bits per heavy atom. The van der Waals surface area contributed by atoms with Gasteiger partial charge in [-0.15, -0.1) is 0 Å². The third-order valence-electron chi connectivity index (χ3n) is 6.81. The molecule has 204 valence electrons. The van der Waals surface area contributed by atoms with Gasteiger partial charge in [0.15, 0.2) is 14.6 Å². The minimum absolute atomic E-state index is 0.0684. The second-order valence-electron chi connectivity index (χ2n) is 8.95. The number of benzene rings is 2. The number of hydrogen-bond acceptors (Lipinski definition) is 8. The largest absolute Gasteiger partial charge is 0.494 e. The van der Waals surface area contributed by atoms with E-state index < -0.39 is 20.5 Å². The molecule has 1 aromatic heterocycles. The van der Waals surface area contributed by atoms with E-state index in [0.29, 0.717) is 30.0 Å². The van der Waals surface area contributed by atoms with Crippen LogP contribution in [0.4, 0.5) is 0 Å². The van der Waals surface area contributed by atoms with Crippen LogP contribution < -0.4 is 15.9 Å². The summed E-state index contributed by atoms with van der Waals surface area (Å²) in [5.74, 6) is -0.652. The Morgan fingerprint density at radius 2 is 1.76 bits per heavy atom. The van der Waals surface area contributed by atoms with Crippen molar-refractivity contribution >= 4 is 15.7 Å². The van der Waals surface area contributed by atoms with Crippen LogP contribution in [0, 0.1) is 0 Å². The van der Waals surface area contributed by atoms with E-state index >= 15 is 0 Å². The number of carbonyl (C=O) groups excluding carboxylic acids is 1. The molecule has 0 saturated carbocycles. The molecule has 0 spiro atoms. The van der Waals surface area contributed by atoms with Crippen LogP contribution in [0.3, 0.4) is 0 Å². The number of ether oxygens (including phenoxy) is 2. The van der Waals surface area contributed by atoms with E-state index in [4.69, 9.17) is 14.7 Å². The van der Waals surface area contributed by atoms with Gasteiger partial charge in [-0.3, -0.25) is 19.1 Å². The van der Waals surface area contributed by atoms with E-state index in [1.165, 1.54) is 38.9 Å². The molecule has 1 aliphatic heterocycles. The number of carbonyl (C=O) groups is 1. The van der Waals surface area contributed by atoms with Crippen molar-refractivity contribution in [2.24, 2.45) is 0 Å². The third-order valence-corrected chi connectivity index (χ3v) is 9.33. The van der Waals surface area contributed by atoms with Crippen molar-refractivity contribution in [3.63, 3.8) is 0 Å². The van der Waals surface area contributed by atoms with Gasteiger partial charge in [0.05, 0.1) is 22.9 Å². The van der Waals surface area contributed by atoms with Gasteiger partial charge in [0.2, 0.25) is 5.88 Å². The average molecular weight is 546 g/mol. The van der Waals surface area contributed by atoms with Gasteiger partial charge in [-0.2, -0.15) is 0 Å². The lowest BCUT2D eigenvalue weighted by Gasteiger charge is -2.34. The highest BCUT2D eigenvalue weighted by atomic mass is 32.2. The predicted molar refractivity (Wildman–Crippen MR) is 138 cm³/mol. The lowest BCUT2D eigenvalue weighted by atomic mass is 9.98. The van der Waals surface area contributed by atoms with E-state index in [9.17, 15) is 23.1 Å². The van der Waals surface area contributed by atoms with Gasteiger partial charge >= 0.3 is 5.69 Å². The van der Waals surface area contributed by atoms with E-state index in [0.717, 1.165) is 0 Å². The zero-order valence-corrected chi connectivity index (χ0v) is 21.8. The third kappa shape index (κ3) is 4.94. The molecule has 0 aliphatic carbocycles. The number of sulfone groups is 1. The highest BCUT2D eigenvalue weighted by Crippen LogP contribution is 2.35. The zero-order valence-electron chi connectivity index (χ0n) is 21.0. The minimum atomic E-state index is -4.13. The molecule has 0 atom stereocenters. The molecule has 1 saturated heterocycles. The number of rotatable bonds is 10. The first-order valence-electron chi connectivity index (χ1n) is 12.4. The summed E-state index contributed by atoms with van der Waals surface area (Å²) in [4.78, 5) is 25.3. The first kappa shape index (κ1) is 27.4.